The van der Waals surface area contributed by atoms with E-state index in [0.29, 0.717) is 0 Å². The molecule has 15 rings (SSSR count). The van der Waals surface area contributed by atoms with Crippen LogP contribution in [0, 0.1) is 0 Å². The normalized spacial score (nSPS) is 14.4. The van der Waals surface area contributed by atoms with Crippen LogP contribution in [0.2, 0.25) is 0 Å². The van der Waals surface area contributed by atoms with E-state index >= 15 is 0 Å². The molecule has 11 aromatic rings. The summed E-state index contributed by atoms with van der Waals surface area (Å²) in [5.74, 6) is 1.77. The second-order valence-corrected chi connectivity index (χ2v) is 19.6. The van der Waals surface area contributed by atoms with Crippen molar-refractivity contribution in [3.63, 3.8) is 0 Å². The lowest BCUT2D eigenvalue weighted by Crippen LogP contribution is -2.32. The first-order valence-corrected chi connectivity index (χ1v) is 24.7. The molecule has 69 heavy (non-hydrogen) atoms. The Balaban J connectivity index is 1.11. The van der Waals surface area contributed by atoms with Crippen LogP contribution < -0.4 is 9.64 Å². The molecule has 2 heterocycles. The first-order valence-electron chi connectivity index (χ1n) is 23.8. The Hall–Kier alpha value is -8.37. The first-order chi connectivity index (χ1) is 34.3. The number of hydrogen-bond donors (Lipinski definition) is 0. The van der Waals surface area contributed by atoms with Crippen LogP contribution in [-0.4, -0.2) is 0 Å². The number of fused-ring (bicyclic) bond motifs is 20. The second kappa shape index (κ2) is 14.6. The largest absolute Gasteiger partial charge is 0.457 e. The monoisotopic (exact) mass is 895 g/mol. The van der Waals surface area contributed by atoms with Crippen molar-refractivity contribution >= 4 is 39.6 Å². The highest BCUT2D eigenvalue weighted by atomic mass is 32.2. The molecular formula is C66H41NOS. The van der Waals surface area contributed by atoms with Crippen LogP contribution in [-0.2, 0) is 10.8 Å². The fourth-order valence-electron chi connectivity index (χ4n) is 12.9. The molecule has 2 nitrogen and oxygen atoms in total. The van der Waals surface area contributed by atoms with Crippen LogP contribution in [0.5, 0.6) is 11.5 Å². The molecule has 0 bridgehead atoms. The summed E-state index contributed by atoms with van der Waals surface area (Å²) in [5, 5.41) is 2.48. The second-order valence-electron chi connectivity index (χ2n) is 18.6. The van der Waals surface area contributed by atoms with Crippen LogP contribution in [0.25, 0.3) is 44.2 Å². The van der Waals surface area contributed by atoms with E-state index in [1.54, 1.807) is 0 Å². The van der Waals surface area contributed by atoms with Crippen molar-refractivity contribution in [1.29, 1.82) is 0 Å². The van der Waals surface area contributed by atoms with Crippen LogP contribution in [0.3, 0.4) is 0 Å². The van der Waals surface area contributed by atoms with Gasteiger partial charge in [0.25, 0.3) is 0 Å². The SMILES string of the molecule is c1ccc(-c2ccccc2N(c2cccc3c2-c2ccccc2C32c3ccccc3Oc3ccccc32)c2cccc3c2-c2c(ccc4ccccc24)C32c3ccccc3Sc3ccccc32)cc1. The molecule has 11 aromatic carbocycles. The third kappa shape index (κ3) is 5.07. The summed E-state index contributed by atoms with van der Waals surface area (Å²) < 4.78 is 6.79. The van der Waals surface area contributed by atoms with E-state index in [-0.39, 0.29) is 0 Å². The third-order valence-electron chi connectivity index (χ3n) is 15.4. The van der Waals surface area contributed by atoms with E-state index in [1.807, 2.05) is 11.8 Å². The van der Waals surface area contributed by atoms with Gasteiger partial charge in [-0.25, -0.2) is 0 Å². The highest BCUT2D eigenvalue weighted by molar-refractivity contribution is 7.99. The first kappa shape index (κ1) is 38.7. The van der Waals surface area contributed by atoms with Gasteiger partial charge in [-0.15, -0.1) is 0 Å². The summed E-state index contributed by atoms with van der Waals surface area (Å²) in [4.78, 5) is 5.20. The molecule has 2 spiro atoms. The number of para-hydroxylation sites is 3. The van der Waals surface area contributed by atoms with Crippen LogP contribution >= 0.6 is 11.8 Å². The number of benzene rings is 11. The Morgan fingerprint density at radius 3 is 1.49 bits per heavy atom. The topological polar surface area (TPSA) is 12.5 Å². The average molecular weight is 896 g/mol. The van der Waals surface area contributed by atoms with Crippen molar-refractivity contribution in [1.82, 2.24) is 0 Å². The van der Waals surface area contributed by atoms with E-state index < -0.39 is 10.8 Å². The fourth-order valence-corrected chi connectivity index (χ4v) is 14.1. The van der Waals surface area contributed by atoms with Crippen molar-refractivity contribution < 1.29 is 4.74 Å². The van der Waals surface area contributed by atoms with Crippen LogP contribution in [0.15, 0.2) is 259 Å². The van der Waals surface area contributed by atoms with Gasteiger partial charge in [-0.2, -0.15) is 0 Å². The number of nitrogens with zero attached hydrogens (tertiary/aromatic N) is 1. The summed E-state index contributed by atoms with van der Waals surface area (Å²) >= 11 is 1.89. The minimum atomic E-state index is -0.628. The molecule has 0 N–H and O–H groups in total. The van der Waals surface area contributed by atoms with Gasteiger partial charge in [-0.1, -0.05) is 218 Å². The minimum Gasteiger partial charge on any atom is -0.457 e. The Labute approximate surface area is 405 Å². The Bertz CT molecular complexity index is 3850. The van der Waals surface area contributed by atoms with Crippen molar-refractivity contribution in [2.75, 3.05) is 4.90 Å². The molecule has 0 saturated heterocycles. The smallest absolute Gasteiger partial charge is 0.132 e. The highest BCUT2D eigenvalue weighted by Gasteiger charge is 2.54. The third-order valence-corrected chi connectivity index (χ3v) is 16.5. The molecule has 0 saturated carbocycles. The summed E-state index contributed by atoms with van der Waals surface area (Å²) in [5.41, 5.74) is 19.5. The van der Waals surface area contributed by atoms with Gasteiger partial charge in [0.1, 0.15) is 11.5 Å². The van der Waals surface area contributed by atoms with Gasteiger partial charge in [-0.05, 0) is 103 Å². The molecule has 0 atom stereocenters. The van der Waals surface area contributed by atoms with Crippen LogP contribution in [0.4, 0.5) is 17.1 Å². The zero-order valence-electron chi connectivity index (χ0n) is 37.4. The maximum absolute atomic E-state index is 6.79. The van der Waals surface area contributed by atoms with E-state index in [4.69, 9.17) is 4.74 Å². The Morgan fingerprint density at radius 1 is 0.304 bits per heavy atom. The highest BCUT2D eigenvalue weighted by Crippen LogP contribution is 2.68. The molecular weight excluding hydrogens is 855 g/mol. The van der Waals surface area contributed by atoms with Gasteiger partial charge < -0.3 is 9.64 Å². The molecule has 0 radical (unpaired) electrons. The molecule has 3 heteroatoms. The molecule has 0 amide bonds. The number of rotatable bonds is 4. The van der Waals surface area contributed by atoms with Gasteiger partial charge in [0.2, 0.25) is 0 Å². The summed E-state index contributed by atoms with van der Waals surface area (Å²) in [6.45, 7) is 0. The Morgan fingerprint density at radius 2 is 0.783 bits per heavy atom. The minimum absolute atomic E-state index is 0.571. The lowest BCUT2D eigenvalue weighted by atomic mass is 9.66. The van der Waals surface area contributed by atoms with E-state index in [1.165, 1.54) is 76.2 Å². The van der Waals surface area contributed by atoms with Gasteiger partial charge >= 0.3 is 0 Å². The number of ether oxygens (including phenoxy) is 1. The molecule has 0 fully saturated rings. The van der Waals surface area contributed by atoms with Crippen LogP contribution in [0.1, 0.15) is 44.5 Å². The van der Waals surface area contributed by atoms with Gasteiger partial charge in [0.15, 0.2) is 0 Å². The van der Waals surface area contributed by atoms with E-state index in [0.717, 1.165) is 50.8 Å². The standard InChI is InChI=1S/C66H41NOS/c1-2-20-42(21-3-1)44-23-7-13-33-55(44)67(56-34-18-31-52-62(56)46-25-6-8-26-47(46)65(52)48-27-9-14-36-58(48)68-59-37-15-10-28-49(59)65)57-35-19-32-53-64(57)63-45-24-5-4-22-43(45)40-41-54(63)66(53)50-29-11-16-38-60(50)69-61-39-17-12-30-51(61)66/h1-41H. The van der Waals surface area contributed by atoms with Crippen molar-refractivity contribution in [2.24, 2.45) is 0 Å². The average Bonchev–Trinajstić information content (AvgIpc) is 3.89. The summed E-state index contributed by atoms with van der Waals surface area (Å²) in [6, 6.07) is 92.5. The van der Waals surface area contributed by atoms with E-state index in [9.17, 15) is 0 Å². The summed E-state index contributed by atoms with van der Waals surface area (Å²) in [6.07, 6.45) is 0. The molecule has 4 aliphatic rings. The number of hydrogen-bond acceptors (Lipinski definition) is 3. The fraction of sp³-hybridized carbons (Fsp3) is 0.0303. The molecule has 2 aliphatic carbocycles. The predicted octanol–water partition coefficient (Wildman–Crippen LogP) is 17.3. The zero-order chi connectivity index (χ0) is 45.3. The maximum atomic E-state index is 6.79. The van der Waals surface area contributed by atoms with Crippen molar-refractivity contribution in [3.8, 4) is 44.9 Å². The molecule has 0 aromatic heterocycles. The molecule has 322 valence electrons. The lowest BCUT2D eigenvalue weighted by molar-refractivity contribution is 0.436. The quantitative estimate of drug-likeness (QED) is 0.175. The molecule has 2 aliphatic heterocycles. The Kier molecular flexibility index (Phi) is 8.17. The maximum Gasteiger partial charge on any atom is 0.132 e. The predicted molar refractivity (Wildman–Crippen MR) is 283 cm³/mol. The molecule has 0 unspecified atom stereocenters. The summed E-state index contributed by atoms with van der Waals surface area (Å²) in [7, 11) is 0. The van der Waals surface area contributed by atoms with E-state index in [2.05, 4.69) is 254 Å². The van der Waals surface area contributed by atoms with Gasteiger partial charge in [0.05, 0.1) is 27.9 Å². The lowest BCUT2D eigenvalue weighted by Gasteiger charge is -2.40. The van der Waals surface area contributed by atoms with Crippen molar-refractivity contribution in [2.45, 2.75) is 20.6 Å². The van der Waals surface area contributed by atoms with Crippen molar-refractivity contribution in [3.05, 3.63) is 293 Å². The van der Waals surface area contributed by atoms with Gasteiger partial charge in [0, 0.05) is 37.6 Å². The number of anilines is 3. The zero-order valence-corrected chi connectivity index (χ0v) is 38.3. The van der Waals surface area contributed by atoms with Gasteiger partial charge in [-0.3, -0.25) is 0 Å².